The van der Waals surface area contributed by atoms with E-state index in [0.29, 0.717) is 18.7 Å². The average molecular weight is 418 g/mol. The highest BCUT2D eigenvalue weighted by molar-refractivity contribution is 8.00. The molecule has 2 aromatic carbocycles. The Labute approximate surface area is 172 Å². The van der Waals surface area contributed by atoms with Gasteiger partial charge in [-0.1, -0.05) is 55.8 Å². The Balaban J connectivity index is 1.60. The Morgan fingerprint density at radius 3 is 2.36 bits per heavy atom. The molecule has 1 fully saturated rings. The Hall–Kier alpha value is -1.79. The van der Waals surface area contributed by atoms with E-state index in [1.165, 1.54) is 17.3 Å². The van der Waals surface area contributed by atoms with Crippen molar-refractivity contribution >= 4 is 27.5 Å². The van der Waals surface area contributed by atoms with Gasteiger partial charge < -0.3 is 4.90 Å². The summed E-state index contributed by atoms with van der Waals surface area (Å²) < 4.78 is 23.7. The van der Waals surface area contributed by atoms with Crippen molar-refractivity contribution in [2.24, 2.45) is 0 Å². The van der Waals surface area contributed by atoms with Crippen molar-refractivity contribution in [3.05, 3.63) is 54.6 Å². The van der Waals surface area contributed by atoms with Crippen molar-refractivity contribution in [3.8, 4) is 11.1 Å². The third kappa shape index (κ3) is 5.61. The second-order valence-corrected chi connectivity index (χ2v) is 10.5. The van der Waals surface area contributed by atoms with Gasteiger partial charge in [-0.15, -0.1) is 11.8 Å². The first kappa shape index (κ1) is 20.9. The summed E-state index contributed by atoms with van der Waals surface area (Å²) in [5, 5.41) is 0. The van der Waals surface area contributed by atoms with Crippen LogP contribution in [0.5, 0.6) is 0 Å². The molecule has 0 aromatic heterocycles. The first-order chi connectivity index (χ1) is 13.5. The second kappa shape index (κ2) is 9.61. The lowest BCUT2D eigenvalue weighted by Crippen LogP contribution is -2.42. The number of rotatable bonds is 8. The highest BCUT2D eigenvalue weighted by Crippen LogP contribution is 2.25. The fraction of sp³-hybridized carbons (Fsp3) is 0.409. The zero-order chi connectivity index (χ0) is 20.0. The molecule has 1 aliphatic rings. The van der Waals surface area contributed by atoms with Gasteiger partial charge in [-0.25, -0.2) is 8.42 Å². The molecule has 0 N–H and O–H groups in total. The first-order valence-electron chi connectivity index (χ1n) is 9.76. The minimum atomic E-state index is -3.00. The van der Waals surface area contributed by atoms with Crippen LogP contribution in [0.2, 0.25) is 0 Å². The highest BCUT2D eigenvalue weighted by Gasteiger charge is 2.34. The smallest absolute Gasteiger partial charge is 0.233 e. The number of sulfone groups is 1. The van der Waals surface area contributed by atoms with Crippen LogP contribution in [-0.4, -0.2) is 49.1 Å². The predicted molar refractivity (Wildman–Crippen MR) is 116 cm³/mol. The molecule has 1 saturated heterocycles. The van der Waals surface area contributed by atoms with Crippen LogP contribution in [0.4, 0.5) is 0 Å². The first-order valence-corrected chi connectivity index (χ1v) is 12.6. The number of unbranched alkanes of at least 4 members (excludes halogenated alkanes) is 1. The van der Waals surface area contributed by atoms with E-state index in [1.54, 1.807) is 4.90 Å². The number of amides is 1. The fourth-order valence-electron chi connectivity index (χ4n) is 3.46. The maximum Gasteiger partial charge on any atom is 0.233 e. The number of nitrogens with zero attached hydrogens (tertiary/aromatic N) is 1. The van der Waals surface area contributed by atoms with Gasteiger partial charge in [0.2, 0.25) is 5.91 Å². The van der Waals surface area contributed by atoms with Gasteiger partial charge in [0.25, 0.3) is 0 Å². The van der Waals surface area contributed by atoms with Crippen molar-refractivity contribution in [2.75, 3.05) is 23.8 Å². The van der Waals surface area contributed by atoms with Gasteiger partial charge in [0.1, 0.15) is 0 Å². The van der Waals surface area contributed by atoms with Gasteiger partial charge in [-0.3, -0.25) is 4.79 Å². The standard InChI is InChI=1S/C22H27NO3S2/c1-2-3-14-23(20-13-15-28(25,26)17-20)22(24)16-27-21-11-9-19(10-12-21)18-7-5-4-6-8-18/h4-12,20H,2-3,13-17H2,1H3. The Bertz CT molecular complexity index is 880. The van der Waals surface area contributed by atoms with E-state index >= 15 is 0 Å². The molecule has 6 heteroatoms. The average Bonchev–Trinajstić information content (AvgIpc) is 3.07. The molecule has 1 aliphatic heterocycles. The number of carbonyl (C=O) groups is 1. The van der Waals surface area contributed by atoms with Crippen molar-refractivity contribution < 1.29 is 13.2 Å². The lowest BCUT2D eigenvalue weighted by Gasteiger charge is -2.28. The summed E-state index contributed by atoms with van der Waals surface area (Å²) >= 11 is 1.51. The molecule has 0 spiro atoms. The molecule has 0 aliphatic carbocycles. The summed E-state index contributed by atoms with van der Waals surface area (Å²) in [5.74, 6) is 0.679. The summed E-state index contributed by atoms with van der Waals surface area (Å²) in [6.45, 7) is 2.72. The molecular formula is C22H27NO3S2. The fourth-order valence-corrected chi connectivity index (χ4v) is 5.98. The molecule has 2 aromatic rings. The summed E-state index contributed by atoms with van der Waals surface area (Å²) in [5.41, 5.74) is 2.32. The topological polar surface area (TPSA) is 54.5 Å². The molecule has 1 atom stereocenters. The number of carbonyl (C=O) groups excluding carboxylic acids is 1. The largest absolute Gasteiger partial charge is 0.338 e. The van der Waals surface area contributed by atoms with E-state index in [2.05, 4.69) is 31.2 Å². The van der Waals surface area contributed by atoms with Crippen LogP contribution in [0.3, 0.4) is 0 Å². The molecule has 150 valence electrons. The maximum absolute atomic E-state index is 12.8. The van der Waals surface area contributed by atoms with Crippen molar-refractivity contribution in [1.29, 1.82) is 0 Å². The summed E-state index contributed by atoms with van der Waals surface area (Å²) in [6.07, 6.45) is 2.45. The van der Waals surface area contributed by atoms with Gasteiger partial charge >= 0.3 is 0 Å². The molecule has 1 unspecified atom stereocenters. The maximum atomic E-state index is 12.8. The zero-order valence-corrected chi connectivity index (χ0v) is 17.8. The lowest BCUT2D eigenvalue weighted by atomic mass is 10.1. The third-order valence-electron chi connectivity index (χ3n) is 5.05. The van der Waals surface area contributed by atoms with Crippen molar-refractivity contribution in [1.82, 2.24) is 4.90 Å². The molecular weight excluding hydrogens is 390 g/mol. The Kier molecular flexibility index (Phi) is 7.18. The number of benzene rings is 2. The summed E-state index contributed by atoms with van der Waals surface area (Å²) in [4.78, 5) is 15.7. The predicted octanol–water partition coefficient (Wildman–Crippen LogP) is 4.26. The van der Waals surface area contributed by atoms with Gasteiger partial charge in [-0.05, 0) is 36.1 Å². The molecule has 28 heavy (non-hydrogen) atoms. The molecule has 3 rings (SSSR count). The Morgan fingerprint density at radius 1 is 1.07 bits per heavy atom. The van der Waals surface area contributed by atoms with E-state index in [9.17, 15) is 13.2 Å². The monoisotopic (exact) mass is 417 g/mol. The van der Waals surface area contributed by atoms with Crippen LogP contribution in [0.25, 0.3) is 11.1 Å². The van der Waals surface area contributed by atoms with Crippen molar-refractivity contribution in [2.45, 2.75) is 37.1 Å². The Morgan fingerprint density at radius 2 is 1.75 bits per heavy atom. The lowest BCUT2D eigenvalue weighted by molar-refractivity contribution is -0.130. The van der Waals surface area contributed by atoms with E-state index in [-0.39, 0.29) is 23.5 Å². The normalized spacial score (nSPS) is 18.1. The van der Waals surface area contributed by atoms with Crippen LogP contribution in [0.1, 0.15) is 26.2 Å². The highest BCUT2D eigenvalue weighted by atomic mass is 32.2. The molecule has 1 heterocycles. The van der Waals surface area contributed by atoms with E-state index in [4.69, 9.17) is 0 Å². The molecule has 1 amide bonds. The zero-order valence-electron chi connectivity index (χ0n) is 16.2. The van der Waals surface area contributed by atoms with E-state index in [1.807, 2.05) is 30.3 Å². The molecule has 0 radical (unpaired) electrons. The number of hydrogen-bond donors (Lipinski definition) is 0. The minimum Gasteiger partial charge on any atom is -0.338 e. The van der Waals surface area contributed by atoms with Crippen LogP contribution < -0.4 is 0 Å². The second-order valence-electron chi connectivity index (χ2n) is 7.18. The quantitative estimate of drug-likeness (QED) is 0.602. The third-order valence-corrected chi connectivity index (χ3v) is 7.79. The molecule has 0 bridgehead atoms. The molecule has 0 saturated carbocycles. The SMILES string of the molecule is CCCCN(C(=O)CSc1ccc(-c2ccccc2)cc1)C1CCS(=O)(=O)C1. The van der Waals surface area contributed by atoms with E-state index < -0.39 is 9.84 Å². The van der Waals surface area contributed by atoms with Crippen molar-refractivity contribution in [3.63, 3.8) is 0 Å². The minimum absolute atomic E-state index is 0.0349. The summed E-state index contributed by atoms with van der Waals surface area (Å²) in [6, 6.07) is 18.2. The number of hydrogen-bond acceptors (Lipinski definition) is 4. The van der Waals surface area contributed by atoms with Crippen LogP contribution in [0.15, 0.2) is 59.5 Å². The van der Waals surface area contributed by atoms with Crippen LogP contribution >= 0.6 is 11.8 Å². The molecule has 4 nitrogen and oxygen atoms in total. The van der Waals surface area contributed by atoms with Gasteiger partial charge in [-0.2, -0.15) is 0 Å². The summed E-state index contributed by atoms with van der Waals surface area (Å²) in [7, 11) is -3.00. The van der Waals surface area contributed by atoms with Crippen LogP contribution in [0, 0.1) is 0 Å². The number of thioether (sulfide) groups is 1. The van der Waals surface area contributed by atoms with Gasteiger partial charge in [0.15, 0.2) is 9.84 Å². The van der Waals surface area contributed by atoms with Gasteiger partial charge in [0, 0.05) is 17.5 Å². The van der Waals surface area contributed by atoms with Crippen LogP contribution in [-0.2, 0) is 14.6 Å². The van der Waals surface area contributed by atoms with E-state index in [0.717, 1.165) is 23.3 Å². The van der Waals surface area contributed by atoms with Gasteiger partial charge in [0.05, 0.1) is 17.3 Å².